The third-order valence-electron chi connectivity index (χ3n) is 4.61. The van der Waals surface area contributed by atoms with Crippen molar-refractivity contribution in [1.82, 2.24) is 10.2 Å². The van der Waals surface area contributed by atoms with Gasteiger partial charge < -0.3 is 10.2 Å². The number of nitrogens with zero attached hydrogens (tertiary/aromatic N) is 3. The molecule has 5 nitrogen and oxygen atoms in total. The molecule has 1 atom stereocenters. The molecular weight excluding hydrogens is 295 g/mol. The van der Waals surface area contributed by atoms with E-state index in [1.54, 1.807) is 12.1 Å². The summed E-state index contributed by atoms with van der Waals surface area (Å²) in [6.45, 7) is 4.73. The molecule has 0 radical (unpaired) electrons. The number of piperazine rings is 1. The van der Waals surface area contributed by atoms with Gasteiger partial charge in [-0.05, 0) is 31.9 Å². The second kappa shape index (κ2) is 6.55. The van der Waals surface area contributed by atoms with E-state index in [9.17, 15) is 9.18 Å². The van der Waals surface area contributed by atoms with Crippen LogP contribution in [0.4, 0.5) is 10.1 Å². The number of halogens is 1. The fraction of sp³-hybridized carbons (Fsp3) is 0.529. The average Bonchev–Trinajstić information content (AvgIpc) is 3.38. The number of rotatable bonds is 4. The lowest BCUT2D eigenvalue weighted by Crippen LogP contribution is -2.54. The van der Waals surface area contributed by atoms with E-state index >= 15 is 0 Å². The van der Waals surface area contributed by atoms with Gasteiger partial charge in [-0.1, -0.05) is 6.07 Å². The first-order valence-electron chi connectivity index (χ1n) is 8.08. The van der Waals surface area contributed by atoms with Crippen molar-refractivity contribution in [2.75, 3.05) is 31.1 Å². The number of benzene rings is 1. The lowest BCUT2D eigenvalue weighted by Gasteiger charge is -2.38. The van der Waals surface area contributed by atoms with Crippen LogP contribution in [0.1, 0.15) is 25.3 Å². The first-order chi connectivity index (χ1) is 11.1. The smallest absolute Gasteiger partial charge is 0.237 e. The van der Waals surface area contributed by atoms with Crippen molar-refractivity contribution in [1.29, 1.82) is 5.26 Å². The molecule has 1 saturated heterocycles. The van der Waals surface area contributed by atoms with Crippen LogP contribution in [0.2, 0.25) is 0 Å². The van der Waals surface area contributed by atoms with Crippen molar-refractivity contribution in [3.05, 3.63) is 29.6 Å². The predicted octanol–water partition coefficient (Wildman–Crippen LogP) is 1.49. The van der Waals surface area contributed by atoms with E-state index in [0.717, 1.165) is 25.9 Å². The Balaban J connectivity index is 1.61. The molecular formula is C17H21FN4O. The molecule has 122 valence electrons. The molecule has 1 aliphatic carbocycles. The molecule has 0 bridgehead atoms. The predicted molar refractivity (Wildman–Crippen MR) is 85.5 cm³/mol. The van der Waals surface area contributed by atoms with Gasteiger partial charge in [0.25, 0.3) is 0 Å². The molecule has 1 aromatic rings. The summed E-state index contributed by atoms with van der Waals surface area (Å²) in [5.41, 5.74) is 0.739. The molecule has 1 heterocycles. The van der Waals surface area contributed by atoms with Gasteiger partial charge in [-0.2, -0.15) is 5.26 Å². The molecule has 0 spiro atoms. The average molecular weight is 316 g/mol. The SMILES string of the molecule is CC(C(=O)NC1CC1)N1CCN(c2cccc(F)c2C#N)CC1. The van der Waals surface area contributed by atoms with Crippen LogP contribution in [-0.4, -0.2) is 49.1 Å². The monoisotopic (exact) mass is 316 g/mol. The number of nitrogens with one attached hydrogen (secondary N) is 1. The summed E-state index contributed by atoms with van der Waals surface area (Å²) >= 11 is 0. The van der Waals surface area contributed by atoms with Crippen molar-refractivity contribution < 1.29 is 9.18 Å². The third kappa shape index (κ3) is 3.45. The zero-order chi connectivity index (χ0) is 16.4. The van der Waals surface area contributed by atoms with E-state index < -0.39 is 5.82 Å². The molecule has 1 aliphatic heterocycles. The van der Waals surface area contributed by atoms with E-state index in [1.165, 1.54) is 6.07 Å². The van der Waals surface area contributed by atoms with E-state index in [-0.39, 0.29) is 17.5 Å². The van der Waals surface area contributed by atoms with Crippen molar-refractivity contribution in [2.45, 2.75) is 31.8 Å². The fourth-order valence-corrected chi connectivity index (χ4v) is 2.95. The second-order valence-corrected chi connectivity index (χ2v) is 6.23. The summed E-state index contributed by atoms with van der Waals surface area (Å²) < 4.78 is 13.7. The first kappa shape index (κ1) is 15.8. The Hall–Kier alpha value is -2.13. The minimum atomic E-state index is -0.482. The normalized spacial score (nSPS) is 20.0. The Labute approximate surface area is 135 Å². The Morgan fingerprint density at radius 3 is 2.65 bits per heavy atom. The van der Waals surface area contributed by atoms with Gasteiger partial charge in [0.1, 0.15) is 17.4 Å². The molecule has 2 aliphatic rings. The van der Waals surface area contributed by atoms with Gasteiger partial charge in [0.05, 0.1) is 11.7 Å². The zero-order valence-corrected chi connectivity index (χ0v) is 13.3. The highest BCUT2D eigenvalue weighted by Gasteiger charge is 2.30. The summed E-state index contributed by atoms with van der Waals surface area (Å²) in [7, 11) is 0. The van der Waals surface area contributed by atoms with Gasteiger partial charge in [0, 0.05) is 32.2 Å². The van der Waals surface area contributed by atoms with E-state index in [4.69, 9.17) is 5.26 Å². The van der Waals surface area contributed by atoms with Gasteiger partial charge >= 0.3 is 0 Å². The number of nitriles is 1. The van der Waals surface area contributed by atoms with Crippen LogP contribution in [0.5, 0.6) is 0 Å². The Morgan fingerprint density at radius 1 is 1.35 bits per heavy atom. The summed E-state index contributed by atoms with van der Waals surface area (Å²) in [6, 6.07) is 6.88. The number of anilines is 1. The second-order valence-electron chi connectivity index (χ2n) is 6.23. The van der Waals surface area contributed by atoms with Crippen LogP contribution >= 0.6 is 0 Å². The molecule has 23 heavy (non-hydrogen) atoms. The van der Waals surface area contributed by atoms with Gasteiger partial charge in [-0.15, -0.1) is 0 Å². The molecule has 6 heteroatoms. The standard InChI is InChI=1S/C17H21FN4O/c1-12(17(23)20-13-5-6-13)21-7-9-22(10-8-21)16-4-2-3-15(18)14(16)11-19/h2-4,12-13H,5-10H2,1H3,(H,20,23). The highest BCUT2D eigenvalue weighted by molar-refractivity contribution is 5.81. The minimum Gasteiger partial charge on any atom is -0.368 e. The lowest BCUT2D eigenvalue weighted by atomic mass is 10.1. The summed E-state index contributed by atoms with van der Waals surface area (Å²) in [5.74, 6) is -0.394. The fourth-order valence-electron chi connectivity index (χ4n) is 2.95. The van der Waals surface area contributed by atoms with E-state index in [0.29, 0.717) is 24.8 Å². The highest BCUT2D eigenvalue weighted by atomic mass is 19.1. The van der Waals surface area contributed by atoms with Crippen LogP contribution in [0.3, 0.4) is 0 Å². The van der Waals surface area contributed by atoms with Gasteiger partial charge in [-0.25, -0.2) is 4.39 Å². The summed E-state index contributed by atoms with van der Waals surface area (Å²) in [5, 5.41) is 12.2. The highest BCUT2D eigenvalue weighted by Crippen LogP contribution is 2.24. The van der Waals surface area contributed by atoms with Crippen molar-refractivity contribution in [2.24, 2.45) is 0 Å². The molecule has 0 aromatic heterocycles. The Kier molecular flexibility index (Phi) is 4.49. The number of carbonyl (C=O) groups is 1. The molecule has 1 unspecified atom stereocenters. The van der Waals surface area contributed by atoms with Gasteiger partial charge in [-0.3, -0.25) is 9.69 Å². The lowest BCUT2D eigenvalue weighted by molar-refractivity contribution is -0.126. The van der Waals surface area contributed by atoms with Crippen molar-refractivity contribution in [3.8, 4) is 6.07 Å². The quantitative estimate of drug-likeness (QED) is 0.914. The molecule has 1 amide bonds. The largest absolute Gasteiger partial charge is 0.368 e. The van der Waals surface area contributed by atoms with Crippen LogP contribution in [-0.2, 0) is 4.79 Å². The molecule has 3 rings (SSSR count). The third-order valence-corrected chi connectivity index (χ3v) is 4.61. The number of hydrogen-bond acceptors (Lipinski definition) is 4. The van der Waals surface area contributed by atoms with Crippen molar-refractivity contribution in [3.63, 3.8) is 0 Å². The van der Waals surface area contributed by atoms with Gasteiger partial charge in [0.2, 0.25) is 5.91 Å². The minimum absolute atomic E-state index is 0.0874. The molecule has 1 aromatic carbocycles. The van der Waals surface area contributed by atoms with Crippen LogP contribution < -0.4 is 10.2 Å². The number of carbonyl (C=O) groups excluding carboxylic acids is 1. The van der Waals surface area contributed by atoms with E-state index in [2.05, 4.69) is 10.2 Å². The van der Waals surface area contributed by atoms with Gasteiger partial charge in [0.15, 0.2) is 0 Å². The van der Waals surface area contributed by atoms with Crippen LogP contribution in [0.15, 0.2) is 18.2 Å². The Morgan fingerprint density at radius 2 is 2.04 bits per heavy atom. The van der Waals surface area contributed by atoms with Crippen molar-refractivity contribution >= 4 is 11.6 Å². The summed E-state index contributed by atoms with van der Waals surface area (Å²) in [4.78, 5) is 16.3. The molecule has 1 saturated carbocycles. The maximum absolute atomic E-state index is 13.7. The number of hydrogen-bond donors (Lipinski definition) is 1. The van der Waals surface area contributed by atoms with Crippen LogP contribution in [0, 0.1) is 17.1 Å². The number of amides is 1. The Bertz CT molecular complexity index is 630. The maximum Gasteiger partial charge on any atom is 0.237 e. The van der Waals surface area contributed by atoms with Crippen LogP contribution in [0.25, 0.3) is 0 Å². The first-order valence-corrected chi connectivity index (χ1v) is 8.08. The summed E-state index contributed by atoms with van der Waals surface area (Å²) in [6.07, 6.45) is 2.17. The topological polar surface area (TPSA) is 59.4 Å². The maximum atomic E-state index is 13.7. The zero-order valence-electron chi connectivity index (χ0n) is 13.3. The van der Waals surface area contributed by atoms with E-state index in [1.807, 2.05) is 17.9 Å². The molecule has 2 fully saturated rings. The molecule has 1 N–H and O–H groups in total.